The van der Waals surface area contributed by atoms with Gasteiger partial charge in [0.25, 0.3) is 0 Å². The van der Waals surface area contributed by atoms with Gasteiger partial charge in [-0.05, 0) is 38.0 Å². The molecule has 0 saturated heterocycles. The van der Waals surface area contributed by atoms with E-state index in [9.17, 15) is 18.0 Å². The quantitative estimate of drug-likeness (QED) is 0.462. The first-order valence-electron chi connectivity index (χ1n) is 11.3. The smallest absolute Gasteiger partial charge is 0.244 e. The monoisotopic (exact) mass is 489 g/mol. The number of nitrogens with one attached hydrogen (secondary N) is 1. The lowest BCUT2D eigenvalue weighted by Crippen LogP contribution is -2.51. The Morgan fingerprint density at radius 3 is 2.38 bits per heavy atom. The summed E-state index contributed by atoms with van der Waals surface area (Å²) in [5, 5.41) is 2.86. The molecule has 2 aromatic carbocycles. The topological polar surface area (TPSA) is 96.0 Å². The lowest BCUT2D eigenvalue weighted by Gasteiger charge is -2.31. The minimum Gasteiger partial charge on any atom is -0.497 e. The molecule has 0 aliphatic rings. The van der Waals surface area contributed by atoms with E-state index in [1.54, 1.807) is 31.2 Å². The predicted molar refractivity (Wildman–Crippen MR) is 134 cm³/mol. The Labute approximate surface area is 202 Å². The second-order valence-corrected chi connectivity index (χ2v) is 10.2. The van der Waals surface area contributed by atoms with Crippen molar-refractivity contribution in [1.29, 1.82) is 0 Å². The zero-order valence-electron chi connectivity index (χ0n) is 20.6. The van der Waals surface area contributed by atoms with E-state index in [0.717, 1.165) is 34.5 Å². The summed E-state index contributed by atoms with van der Waals surface area (Å²) in [6.45, 7) is 5.91. The van der Waals surface area contributed by atoms with Crippen molar-refractivity contribution in [2.45, 2.75) is 46.2 Å². The fraction of sp³-hybridized carbons (Fsp3) is 0.440. The van der Waals surface area contributed by atoms with E-state index in [-0.39, 0.29) is 12.5 Å². The zero-order chi connectivity index (χ0) is 25.3. The average Bonchev–Trinajstić information content (AvgIpc) is 2.80. The highest BCUT2D eigenvalue weighted by Gasteiger charge is 2.30. The van der Waals surface area contributed by atoms with Gasteiger partial charge in [0, 0.05) is 19.2 Å². The van der Waals surface area contributed by atoms with Crippen LogP contribution in [0.25, 0.3) is 0 Å². The van der Waals surface area contributed by atoms with Crippen molar-refractivity contribution < 1.29 is 22.7 Å². The molecule has 34 heavy (non-hydrogen) atoms. The van der Waals surface area contributed by atoms with Crippen LogP contribution in [0.4, 0.5) is 5.69 Å². The average molecular weight is 490 g/mol. The van der Waals surface area contributed by atoms with E-state index < -0.39 is 28.5 Å². The van der Waals surface area contributed by atoms with Gasteiger partial charge in [-0.1, -0.05) is 49.2 Å². The molecule has 1 N–H and O–H groups in total. The van der Waals surface area contributed by atoms with E-state index in [1.165, 1.54) is 12.0 Å². The largest absolute Gasteiger partial charge is 0.497 e. The number of unbranched alkanes of at least 4 members (excludes halogenated alkanes) is 1. The maximum absolute atomic E-state index is 13.5. The van der Waals surface area contributed by atoms with Crippen molar-refractivity contribution >= 4 is 27.5 Å². The lowest BCUT2D eigenvalue weighted by molar-refractivity contribution is -0.139. The van der Waals surface area contributed by atoms with Crippen LogP contribution in [-0.4, -0.2) is 57.6 Å². The highest BCUT2D eigenvalue weighted by molar-refractivity contribution is 7.92. The molecule has 186 valence electrons. The van der Waals surface area contributed by atoms with Gasteiger partial charge >= 0.3 is 0 Å². The molecule has 2 aromatic rings. The number of methoxy groups -OCH3 is 1. The number of ether oxygens (including phenoxy) is 1. The molecule has 0 radical (unpaired) electrons. The number of benzene rings is 2. The molecule has 1 atom stereocenters. The minimum atomic E-state index is -3.78. The molecule has 0 aromatic heterocycles. The minimum absolute atomic E-state index is 0.178. The number of anilines is 1. The molecule has 0 aliphatic carbocycles. The number of aryl methyl sites for hydroxylation is 1. The van der Waals surface area contributed by atoms with Crippen molar-refractivity contribution in [3.05, 3.63) is 59.7 Å². The first-order valence-corrected chi connectivity index (χ1v) is 13.2. The zero-order valence-corrected chi connectivity index (χ0v) is 21.4. The van der Waals surface area contributed by atoms with Crippen molar-refractivity contribution in [3.63, 3.8) is 0 Å². The molecule has 0 heterocycles. The summed E-state index contributed by atoms with van der Waals surface area (Å²) in [4.78, 5) is 27.7. The Morgan fingerprint density at radius 2 is 1.79 bits per heavy atom. The van der Waals surface area contributed by atoms with Crippen molar-refractivity contribution in [2.24, 2.45) is 0 Å². The number of sulfonamides is 1. The Morgan fingerprint density at radius 1 is 1.12 bits per heavy atom. The lowest BCUT2D eigenvalue weighted by atomic mass is 10.1. The van der Waals surface area contributed by atoms with Crippen LogP contribution in [0, 0.1) is 6.92 Å². The molecule has 0 spiro atoms. The number of carbonyl (C=O) groups excluding carboxylic acids is 2. The molecule has 0 bridgehead atoms. The van der Waals surface area contributed by atoms with E-state index in [1.807, 2.05) is 38.1 Å². The molecule has 0 aliphatic heterocycles. The maximum Gasteiger partial charge on any atom is 0.244 e. The molecular weight excluding hydrogens is 454 g/mol. The number of hydrogen-bond donors (Lipinski definition) is 1. The fourth-order valence-corrected chi connectivity index (χ4v) is 4.23. The second kappa shape index (κ2) is 12.4. The van der Waals surface area contributed by atoms with Crippen molar-refractivity contribution in [1.82, 2.24) is 10.2 Å². The van der Waals surface area contributed by atoms with Crippen LogP contribution in [0.5, 0.6) is 5.75 Å². The molecule has 0 unspecified atom stereocenters. The number of nitrogens with zero attached hydrogens (tertiary/aromatic N) is 2. The highest BCUT2D eigenvalue weighted by Crippen LogP contribution is 2.23. The van der Waals surface area contributed by atoms with Gasteiger partial charge in [0.1, 0.15) is 18.3 Å². The molecule has 8 nitrogen and oxygen atoms in total. The van der Waals surface area contributed by atoms with Crippen LogP contribution in [0.2, 0.25) is 0 Å². The normalized spacial score (nSPS) is 12.0. The molecule has 9 heteroatoms. The number of carbonyl (C=O) groups is 2. The third-order valence-corrected chi connectivity index (χ3v) is 6.63. The van der Waals surface area contributed by atoms with Crippen LogP contribution in [0.15, 0.2) is 48.5 Å². The second-order valence-electron chi connectivity index (χ2n) is 8.30. The first kappa shape index (κ1) is 27.2. The van der Waals surface area contributed by atoms with E-state index in [0.29, 0.717) is 18.0 Å². The van der Waals surface area contributed by atoms with Gasteiger partial charge in [0.05, 0.1) is 19.1 Å². The summed E-state index contributed by atoms with van der Waals surface area (Å²) < 4.78 is 31.4. The molecule has 2 rings (SSSR count). The Balaban J connectivity index is 2.35. The van der Waals surface area contributed by atoms with Crippen LogP contribution < -0.4 is 14.4 Å². The van der Waals surface area contributed by atoms with E-state index in [2.05, 4.69) is 5.32 Å². The van der Waals surface area contributed by atoms with Crippen LogP contribution in [-0.2, 0) is 26.2 Å². The molecular formula is C25H35N3O5S. The third-order valence-electron chi connectivity index (χ3n) is 5.49. The third kappa shape index (κ3) is 7.76. The molecule has 0 fully saturated rings. The Kier molecular flexibility index (Phi) is 9.92. The van der Waals surface area contributed by atoms with Crippen LogP contribution >= 0.6 is 0 Å². The van der Waals surface area contributed by atoms with Gasteiger partial charge in [-0.3, -0.25) is 13.9 Å². The van der Waals surface area contributed by atoms with Gasteiger partial charge in [-0.25, -0.2) is 8.42 Å². The molecule has 0 saturated carbocycles. The first-order chi connectivity index (χ1) is 16.1. The van der Waals surface area contributed by atoms with Crippen LogP contribution in [0.3, 0.4) is 0 Å². The van der Waals surface area contributed by atoms with Crippen molar-refractivity contribution in [2.75, 3.05) is 30.8 Å². The summed E-state index contributed by atoms with van der Waals surface area (Å²) in [7, 11) is -2.30. The number of rotatable bonds is 12. The number of amides is 2. The van der Waals surface area contributed by atoms with Gasteiger partial charge in [0.2, 0.25) is 21.8 Å². The van der Waals surface area contributed by atoms with Crippen LogP contribution in [0.1, 0.15) is 37.8 Å². The molecule has 2 amide bonds. The SMILES string of the molecule is CCCCNC(=O)[C@H](C)N(Cc1ccc(C)cc1)C(=O)CN(c1cccc(OC)c1)S(C)(=O)=O. The summed E-state index contributed by atoms with van der Waals surface area (Å²) in [5.41, 5.74) is 2.23. The summed E-state index contributed by atoms with van der Waals surface area (Å²) >= 11 is 0. The predicted octanol–water partition coefficient (Wildman–Crippen LogP) is 3.10. The summed E-state index contributed by atoms with van der Waals surface area (Å²) in [6, 6.07) is 13.4. The summed E-state index contributed by atoms with van der Waals surface area (Å²) in [6.07, 6.45) is 2.82. The Hall–Kier alpha value is -3.07. The fourth-order valence-electron chi connectivity index (χ4n) is 3.39. The summed E-state index contributed by atoms with van der Waals surface area (Å²) in [5.74, 6) is -0.285. The van der Waals surface area contributed by atoms with Gasteiger partial charge in [-0.2, -0.15) is 0 Å². The maximum atomic E-state index is 13.5. The van der Waals surface area contributed by atoms with E-state index >= 15 is 0 Å². The van der Waals surface area contributed by atoms with Gasteiger partial charge in [0.15, 0.2) is 0 Å². The Bertz CT molecular complexity index is 1070. The number of hydrogen-bond acceptors (Lipinski definition) is 5. The van der Waals surface area contributed by atoms with E-state index in [4.69, 9.17) is 4.74 Å². The van der Waals surface area contributed by atoms with Crippen molar-refractivity contribution in [3.8, 4) is 5.75 Å². The van der Waals surface area contributed by atoms with Gasteiger partial charge < -0.3 is 15.0 Å². The standard InChI is InChI=1S/C25H35N3O5S/c1-6-7-15-26-25(30)20(3)27(17-21-13-11-19(2)12-14-21)24(29)18-28(34(5,31)32)22-9-8-10-23(16-22)33-4/h8-14,16,20H,6-7,15,17-18H2,1-5H3,(H,26,30)/t20-/m0/s1. The highest BCUT2D eigenvalue weighted by atomic mass is 32.2. The van der Waals surface area contributed by atoms with Gasteiger partial charge in [-0.15, -0.1) is 0 Å².